The molecule has 1 N–H and O–H groups in total. The van der Waals surface area contributed by atoms with E-state index in [0.717, 1.165) is 42.3 Å². The molecule has 1 aliphatic carbocycles. The zero-order valence-electron chi connectivity index (χ0n) is 17.8. The number of halogens is 1. The fraction of sp³-hybridized carbons (Fsp3) is 0.409. The highest BCUT2D eigenvalue weighted by Gasteiger charge is 2.24. The summed E-state index contributed by atoms with van der Waals surface area (Å²) >= 11 is 5.96. The highest BCUT2D eigenvalue weighted by Crippen LogP contribution is 2.36. The van der Waals surface area contributed by atoms with Crippen molar-refractivity contribution < 1.29 is 4.74 Å². The second-order valence-corrected chi connectivity index (χ2v) is 8.04. The number of hydrogen-bond acceptors (Lipinski definition) is 6. The normalized spacial score (nSPS) is 15.6. The maximum Gasteiger partial charge on any atom is 0.229 e. The van der Waals surface area contributed by atoms with E-state index in [1.807, 2.05) is 22.8 Å². The van der Waals surface area contributed by atoms with Crippen LogP contribution in [0, 0.1) is 0 Å². The van der Waals surface area contributed by atoms with E-state index in [0.29, 0.717) is 22.8 Å². The van der Waals surface area contributed by atoms with Crippen LogP contribution >= 0.6 is 11.6 Å². The summed E-state index contributed by atoms with van der Waals surface area (Å²) in [6, 6.07) is 5.86. The van der Waals surface area contributed by atoms with Gasteiger partial charge >= 0.3 is 0 Å². The van der Waals surface area contributed by atoms with Gasteiger partial charge in [-0.3, -0.25) is 0 Å². The van der Waals surface area contributed by atoms with Crippen molar-refractivity contribution in [2.45, 2.75) is 39.0 Å². The molecule has 7 nitrogen and oxygen atoms in total. The van der Waals surface area contributed by atoms with Gasteiger partial charge < -0.3 is 19.5 Å². The number of rotatable bonds is 6. The van der Waals surface area contributed by atoms with E-state index >= 15 is 0 Å². The van der Waals surface area contributed by atoms with Gasteiger partial charge in [-0.25, -0.2) is 9.97 Å². The summed E-state index contributed by atoms with van der Waals surface area (Å²) in [6.45, 7) is 5.28. The molecule has 4 rings (SSSR count). The van der Waals surface area contributed by atoms with Gasteiger partial charge in [0.2, 0.25) is 5.95 Å². The molecule has 0 fully saturated rings. The number of aromatic nitrogens is 4. The second kappa shape index (κ2) is 8.52. The van der Waals surface area contributed by atoms with Crippen LogP contribution in [-0.4, -0.2) is 40.2 Å². The Kier molecular flexibility index (Phi) is 5.81. The first-order chi connectivity index (χ1) is 14.5. The minimum Gasteiger partial charge on any atom is -0.494 e. The van der Waals surface area contributed by atoms with Gasteiger partial charge in [0, 0.05) is 37.1 Å². The van der Waals surface area contributed by atoms with Gasteiger partial charge in [0.15, 0.2) is 0 Å². The number of nitrogens with zero attached hydrogens (tertiary/aromatic N) is 5. The van der Waals surface area contributed by atoms with Crippen LogP contribution in [0.1, 0.15) is 43.9 Å². The number of nitrogens with one attached hydrogen (secondary N) is 1. The Morgan fingerprint density at radius 2 is 2.17 bits per heavy atom. The van der Waals surface area contributed by atoms with Gasteiger partial charge in [-0.15, -0.1) is 0 Å². The Morgan fingerprint density at radius 1 is 1.33 bits per heavy atom. The van der Waals surface area contributed by atoms with Crippen molar-refractivity contribution in [1.29, 1.82) is 0 Å². The third-order valence-corrected chi connectivity index (χ3v) is 5.84. The molecular formula is C22H27ClN6O. The fourth-order valence-corrected chi connectivity index (χ4v) is 4.06. The molecule has 0 bridgehead atoms. The number of benzene rings is 1. The van der Waals surface area contributed by atoms with E-state index in [-0.39, 0.29) is 0 Å². The lowest BCUT2D eigenvalue weighted by Gasteiger charge is -2.27. The van der Waals surface area contributed by atoms with E-state index < -0.39 is 0 Å². The molecule has 1 unspecified atom stereocenters. The van der Waals surface area contributed by atoms with Gasteiger partial charge in [0.25, 0.3) is 0 Å². The maximum absolute atomic E-state index is 5.96. The molecule has 0 aliphatic heterocycles. The SMILES string of the molecule is CCN(C)c1nc(Nc2ccc(-n3cnc(Cl)c3)c(OC)c2)nc2c1CCCC2C. The largest absolute Gasteiger partial charge is 0.494 e. The average Bonchev–Trinajstić information content (AvgIpc) is 3.19. The van der Waals surface area contributed by atoms with Gasteiger partial charge in [-0.2, -0.15) is 4.98 Å². The predicted molar refractivity (Wildman–Crippen MR) is 121 cm³/mol. The quantitative estimate of drug-likeness (QED) is 0.600. The van der Waals surface area contributed by atoms with Crippen molar-refractivity contribution in [3.63, 3.8) is 0 Å². The van der Waals surface area contributed by atoms with Crippen molar-refractivity contribution in [2.75, 3.05) is 30.9 Å². The highest BCUT2D eigenvalue weighted by molar-refractivity contribution is 6.29. The topological polar surface area (TPSA) is 68.1 Å². The molecule has 1 aromatic carbocycles. The van der Waals surface area contributed by atoms with Crippen molar-refractivity contribution in [3.8, 4) is 11.4 Å². The lowest BCUT2D eigenvalue weighted by Crippen LogP contribution is -2.23. The summed E-state index contributed by atoms with van der Waals surface area (Å²) in [5.74, 6) is 2.77. The molecule has 3 aromatic rings. The molecule has 0 saturated carbocycles. The molecule has 0 spiro atoms. The first kappa shape index (κ1) is 20.5. The number of methoxy groups -OCH3 is 1. The Morgan fingerprint density at radius 3 is 2.87 bits per heavy atom. The van der Waals surface area contributed by atoms with Crippen LogP contribution in [-0.2, 0) is 6.42 Å². The first-order valence-corrected chi connectivity index (χ1v) is 10.6. The first-order valence-electron chi connectivity index (χ1n) is 10.3. The van der Waals surface area contributed by atoms with Gasteiger partial charge in [0.1, 0.15) is 23.0 Å². The molecule has 30 heavy (non-hydrogen) atoms. The summed E-state index contributed by atoms with van der Waals surface area (Å²) in [5, 5.41) is 3.81. The van der Waals surface area contributed by atoms with Crippen LogP contribution in [0.5, 0.6) is 5.75 Å². The lowest BCUT2D eigenvalue weighted by atomic mass is 9.88. The molecule has 0 saturated heterocycles. The molecule has 1 atom stereocenters. The number of anilines is 3. The van der Waals surface area contributed by atoms with Gasteiger partial charge in [0.05, 0.1) is 18.5 Å². The summed E-state index contributed by atoms with van der Waals surface area (Å²) in [6.07, 6.45) is 6.79. The summed E-state index contributed by atoms with van der Waals surface area (Å²) < 4.78 is 7.42. The van der Waals surface area contributed by atoms with E-state index in [1.165, 1.54) is 12.0 Å². The molecule has 158 valence electrons. The van der Waals surface area contributed by atoms with E-state index in [1.54, 1.807) is 19.6 Å². The predicted octanol–water partition coefficient (Wildman–Crippen LogP) is 4.96. The standard InChI is InChI=1S/C22H27ClN6O/c1-5-28(3)21-16-8-6-7-14(2)20(16)26-22(27-21)25-15-9-10-17(18(11-15)30-4)29-12-19(23)24-13-29/h9-14H,5-8H2,1-4H3,(H,25,26,27). The van der Waals surface area contributed by atoms with Crippen LogP contribution in [0.3, 0.4) is 0 Å². The molecule has 0 radical (unpaired) electrons. The van der Waals surface area contributed by atoms with Crippen molar-refractivity contribution in [3.05, 3.63) is 47.1 Å². The van der Waals surface area contributed by atoms with Crippen LogP contribution in [0.2, 0.25) is 5.15 Å². The Hall–Kier alpha value is -2.80. The summed E-state index contributed by atoms with van der Waals surface area (Å²) in [7, 11) is 3.73. The maximum atomic E-state index is 5.96. The van der Waals surface area contributed by atoms with Crippen molar-refractivity contribution in [1.82, 2.24) is 19.5 Å². The van der Waals surface area contributed by atoms with Gasteiger partial charge in [-0.1, -0.05) is 18.5 Å². The zero-order valence-corrected chi connectivity index (χ0v) is 18.6. The third kappa shape index (κ3) is 3.94. The van der Waals surface area contributed by atoms with E-state index in [4.69, 9.17) is 26.3 Å². The second-order valence-electron chi connectivity index (χ2n) is 7.66. The number of fused-ring (bicyclic) bond motifs is 1. The van der Waals surface area contributed by atoms with Crippen LogP contribution in [0.4, 0.5) is 17.5 Å². The third-order valence-electron chi connectivity index (χ3n) is 5.65. The Balaban J connectivity index is 1.69. The Bertz CT molecular complexity index is 1050. The summed E-state index contributed by atoms with van der Waals surface area (Å²) in [4.78, 5) is 16.0. The minimum absolute atomic E-state index is 0.434. The fourth-order valence-electron chi connectivity index (χ4n) is 3.91. The highest BCUT2D eigenvalue weighted by atomic mass is 35.5. The molecule has 1 aliphatic rings. The van der Waals surface area contributed by atoms with Crippen molar-refractivity contribution >= 4 is 29.1 Å². The molecular weight excluding hydrogens is 400 g/mol. The summed E-state index contributed by atoms with van der Waals surface area (Å²) in [5.41, 5.74) is 4.16. The number of imidazole rings is 1. The van der Waals surface area contributed by atoms with Crippen LogP contribution in [0.25, 0.3) is 5.69 Å². The van der Waals surface area contributed by atoms with Crippen molar-refractivity contribution in [2.24, 2.45) is 0 Å². The lowest BCUT2D eigenvalue weighted by molar-refractivity contribution is 0.413. The average molecular weight is 427 g/mol. The molecule has 2 aromatic heterocycles. The number of hydrogen-bond donors (Lipinski definition) is 1. The smallest absolute Gasteiger partial charge is 0.229 e. The van der Waals surface area contributed by atoms with Crippen LogP contribution in [0.15, 0.2) is 30.7 Å². The minimum atomic E-state index is 0.434. The van der Waals surface area contributed by atoms with E-state index in [2.05, 4.69) is 36.1 Å². The molecule has 2 heterocycles. The number of ether oxygens (including phenoxy) is 1. The Labute approximate surface area is 182 Å². The zero-order chi connectivity index (χ0) is 21.3. The van der Waals surface area contributed by atoms with Gasteiger partial charge in [-0.05, 0) is 44.2 Å². The monoisotopic (exact) mass is 426 g/mol. The van der Waals surface area contributed by atoms with Crippen LogP contribution < -0.4 is 15.0 Å². The van der Waals surface area contributed by atoms with E-state index in [9.17, 15) is 0 Å². The molecule has 0 amide bonds. The molecule has 8 heteroatoms.